The van der Waals surface area contributed by atoms with Crippen LogP contribution in [-0.4, -0.2) is 52.2 Å². The molecule has 1 aliphatic carbocycles. The van der Waals surface area contributed by atoms with Gasteiger partial charge >= 0.3 is 0 Å². The van der Waals surface area contributed by atoms with Gasteiger partial charge in [0.25, 0.3) is 5.91 Å². The molecule has 1 saturated carbocycles. The number of benzene rings is 1. The number of hydrogen-bond acceptors (Lipinski definition) is 5. The van der Waals surface area contributed by atoms with Crippen LogP contribution in [-0.2, 0) is 22.7 Å². The molecule has 3 aliphatic heterocycles. The summed E-state index contributed by atoms with van der Waals surface area (Å²) < 4.78 is 0. The van der Waals surface area contributed by atoms with Crippen LogP contribution < -0.4 is 11.1 Å². The van der Waals surface area contributed by atoms with Gasteiger partial charge in [-0.15, -0.1) is 0 Å². The first-order chi connectivity index (χ1) is 13.5. The Morgan fingerprint density at radius 1 is 1.11 bits per heavy atom. The van der Waals surface area contributed by atoms with E-state index in [2.05, 4.69) is 16.3 Å². The standard InChI is InChI=1S/C21H26N4O3/c22-16-4-3-13-7-8-24(19(13)16)10-12-1-2-14-11-25(21(28)15(14)9-12)17-5-6-18(26)23-20(17)27/h1-2,9,13,16-17,19H,3-8,10-11,22H2,(H,23,26,27)/t13-,16+,17?,19+/m0/s1. The predicted molar refractivity (Wildman–Crippen MR) is 102 cm³/mol. The van der Waals surface area contributed by atoms with E-state index in [0.717, 1.165) is 30.6 Å². The van der Waals surface area contributed by atoms with Gasteiger partial charge in [-0.05, 0) is 55.3 Å². The normalized spacial score (nSPS) is 32.6. The fourth-order valence-electron chi connectivity index (χ4n) is 5.58. The molecular weight excluding hydrogens is 356 g/mol. The van der Waals surface area contributed by atoms with E-state index in [-0.39, 0.29) is 30.2 Å². The molecule has 0 radical (unpaired) electrons. The highest BCUT2D eigenvalue weighted by molar-refractivity contribution is 6.05. The van der Waals surface area contributed by atoms with Crippen LogP contribution in [0.2, 0.25) is 0 Å². The van der Waals surface area contributed by atoms with Gasteiger partial charge in [0, 0.05) is 37.2 Å². The van der Waals surface area contributed by atoms with Crippen LogP contribution >= 0.6 is 0 Å². The number of nitrogens with one attached hydrogen (secondary N) is 1. The third-order valence-corrected chi connectivity index (χ3v) is 6.98. The zero-order chi connectivity index (χ0) is 19.4. The van der Waals surface area contributed by atoms with Gasteiger partial charge in [0.05, 0.1) is 0 Å². The molecule has 5 rings (SSSR count). The van der Waals surface area contributed by atoms with Crippen molar-refractivity contribution >= 4 is 17.7 Å². The molecule has 4 aliphatic rings. The zero-order valence-corrected chi connectivity index (χ0v) is 15.9. The minimum atomic E-state index is -0.558. The van der Waals surface area contributed by atoms with Crippen molar-refractivity contribution < 1.29 is 14.4 Å². The average molecular weight is 382 g/mol. The van der Waals surface area contributed by atoms with E-state index in [0.29, 0.717) is 30.5 Å². The second-order valence-corrected chi connectivity index (χ2v) is 8.64. The molecule has 3 N–H and O–H groups in total. The zero-order valence-electron chi connectivity index (χ0n) is 15.9. The van der Waals surface area contributed by atoms with Gasteiger partial charge in [0.1, 0.15) is 6.04 Å². The Hall–Kier alpha value is -2.25. The third-order valence-electron chi connectivity index (χ3n) is 6.98. The maximum atomic E-state index is 13.0. The fourth-order valence-corrected chi connectivity index (χ4v) is 5.58. The summed E-state index contributed by atoms with van der Waals surface area (Å²) in [6.07, 6.45) is 4.22. The van der Waals surface area contributed by atoms with Crippen LogP contribution in [0.1, 0.15) is 53.6 Å². The Morgan fingerprint density at radius 3 is 2.79 bits per heavy atom. The van der Waals surface area contributed by atoms with E-state index in [9.17, 15) is 14.4 Å². The molecule has 1 unspecified atom stereocenters. The summed E-state index contributed by atoms with van der Waals surface area (Å²) in [5.41, 5.74) is 9.10. The number of hydrogen-bond donors (Lipinski definition) is 2. The van der Waals surface area contributed by atoms with Crippen molar-refractivity contribution in [3.05, 3.63) is 34.9 Å². The number of amides is 3. The summed E-state index contributed by atoms with van der Waals surface area (Å²) in [6, 6.07) is 6.24. The quantitative estimate of drug-likeness (QED) is 0.753. The minimum absolute atomic E-state index is 0.108. The van der Waals surface area contributed by atoms with Crippen LogP contribution in [0.5, 0.6) is 0 Å². The van der Waals surface area contributed by atoms with Gasteiger partial charge in [0.15, 0.2) is 0 Å². The number of imide groups is 1. The number of likely N-dealkylation sites (tertiary alicyclic amines) is 1. The van der Waals surface area contributed by atoms with Crippen LogP contribution in [0.4, 0.5) is 0 Å². The highest BCUT2D eigenvalue weighted by atomic mass is 16.2. The SMILES string of the molecule is N[C@@H]1CC[C@H]2CCN(Cc3ccc4c(c3)C(=O)N(C3CCC(=O)NC3=O)C4)[C@H]21. The van der Waals surface area contributed by atoms with E-state index in [1.807, 2.05) is 12.1 Å². The van der Waals surface area contributed by atoms with Crippen molar-refractivity contribution in [2.75, 3.05) is 6.54 Å². The molecule has 0 spiro atoms. The largest absolute Gasteiger partial charge is 0.326 e. The summed E-state index contributed by atoms with van der Waals surface area (Å²) in [7, 11) is 0. The molecule has 1 aromatic rings. The number of carbonyl (C=O) groups is 3. The molecule has 148 valence electrons. The van der Waals surface area contributed by atoms with Gasteiger partial charge in [-0.25, -0.2) is 0 Å². The number of carbonyl (C=O) groups excluding carboxylic acids is 3. The van der Waals surface area contributed by atoms with Gasteiger partial charge in [-0.1, -0.05) is 12.1 Å². The lowest BCUT2D eigenvalue weighted by Crippen LogP contribution is -2.52. The van der Waals surface area contributed by atoms with Crippen LogP contribution in [0, 0.1) is 5.92 Å². The Labute approximate surface area is 164 Å². The number of piperidine rings is 1. The molecular formula is C21H26N4O3. The lowest BCUT2D eigenvalue weighted by Gasteiger charge is -2.29. The topological polar surface area (TPSA) is 95.7 Å². The van der Waals surface area contributed by atoms with Crippen molar-refractivity contribution in [2.45, 2.75) is 63.3 Å². The summed E-state index contributed by atoms with van der Waals surface area (Å²) in [4.78, 5) is 40.6. The van der Waals surface area contributed by atoms with E-state index in [4.69, 9.17) is 5.73 Å². The first kappa shape index (κ1) is 17.8. The smallest absolute Gasteiger partial charge is 0.255 e. The molecule has 2 saturated heterocycles. The summed E-state index contributed by atoms with van der Waals surface area (Å²) in [6.45, 7) is 2.31. The highest BCUT2D eigenvalue weighted by Crippen LogP contribution is 2.38. The molecule has 3 fully saturated rings. The molecule has 0 aromatic heterocycles. The molecule has 4 atom stereocenters. The Kier molecular flexibility index (Phi) is 4.25. The Bertz CT molecular complexity index is 854. The second kappa shape index (κ2) is 6.67. The molecule has 0 bridgehead atoms. The Morgan fingerprint density at radius 2 is 1.96 bits per heavy atom. The molecule has 7 nitrogen and oxygen atoms in total. The molecule has 3 amide bonds. The van der Waals surface area contributed by atoms with Crippen LogP contribution in [0.25, 0.3) is 0 Å². The monoisotopic (exact) mass is 382 g/mol. The number of fused-ring (bicyclic) bond motifs is 2. The van der Waals surface area contributed by atoms with Crippen molar-refractivity contribution in [3.63, 3.8) is 0 Å². The Balaban J connectivity index is 1.32. The van der Waals surface area contributed by atoms with Gasteiger partial charge in [0.2, 0.25) is 11.8 Å². The lowest BCUT2D eigenvalue weighted by molar-refractivity contribution is -0.136. The first-order valence-electron chi connectivity index (χ1n) is 10.3. The molecule has 7 heteroatoms. The first-order valence-corrected chi connectivity index (χ1v) is 10.3. The van der Waals surface area contributed by atoms with E-state index >= 15 is 0 Å². The molecule has 28 heavy (non-hydrogen) atoms. The maximum absolute atomic E-state index is 13.0. The summed E-state index contributed by atoms with van der Waals surface area (Å²) in [5, 5.41) is 2.35. The number of nitrogens with two attached hydrogens (primary N) is 1. The van der Waals surface area contributed by atoms with Crippen LogP contribution in [0.15, 0.2) is 18.2 Å². The van der Waals surface area contributed by atoms with Crippen LogP contribution in [0.3, 0.4) is 0 Å². The summed E-state index contributed by atoms with van der Waals surface area (Å²) >= 11 is 0. The van der Waals surface area contributed by atoms with Crippen molar-refractivity contribution in [2.24, 2.45) is 11.7 Å². The second-order valence-electron chi connectivity index (χ2n) is 8.64. The molecule has 3 heterocycles. The predicted octanol–water partition coefficient (Wildman–Crippen LogP) is 0.759. The summed E-state index contributed by atoms with van der Waals surface area (Å²) in [5.74, 6) is -0.0185. The third kappa shape index (κ3) is 2.84. The maximum Gasteiger partial charge on any atom is 0.255 e. The van der Waals surface area contributed by atoms with E-state index < -0.39 is 6.04 Å². The lowest BCUT2D eigenvalue weighted by atomic mass is 10.0. The van der Waals surface area contributed by atoms with Crippen molar-refractivity contribution in [1.82, 2.24) is 15.1 Å². The number of rotatable bonds is 3. The highest BCUT2D eigenvalue weighted by Gasteiger charge is 2.43. The van der Waals surface area contributed by atoms with Crippen molar-refractivity contribution in [3.8, 4) is 0 Å². The number of nitrogens with zero attached hydrogens (tertiary/aromatic N) is 2. The van der Waals surface area contributed by atoms with E-state index in [1.54, 1.807) is 4.90 Å². The average Bonchev–Trinajstić information content (AvgIpc) is 3.33. The van der Waals surface area contributed by atoms with E-state index in [1.165, 1.54) is 12.8 Å². The van der Waals surface area contributed by atoms with Gasteiger partial charge in [-0.2, -0.15) is 0 Å². The molecule has 1 aromatic carbocycles. The van der Waals surface area contributed by atoms with Gasteiger partial charge < -0.3 is 10.6 Å². The minimum Gasteiger partial charge on any atom is -0.326 e. The fraction of sp³-hybridized carbons (Fsp3) is 0.571. The van der Waals surface area contributed by atoms with Gasteiger partial charge in [-0.3, -0.25) is 24.6 Å². The van der Waals surface area contributed by atoms with Crippen molar-refractivity contribution in [1.29, 1.82) is 0 Å².